The Balaban J connectivity index is 1.67. The van der Waals surface area contributed by atoms with Gasteiger partial charge in [-0.15, -0.1) is 0 Å². The van der Waals surface area contributed by atoms with Crippen LogP contribution in [0, 0.1) is 12.8 Å². The zero-order valence-electron chi connectivity index (χ0n) is 18.8. The highest BCUT2D eigenvalue weighted by atomic mass is 16.5. The molecule has 2 N–H and O–H groups in total. The Kier molecular flexibility index (Phi) is 8.02. The van der Waals surface area contributed by atoms with Crippen LogP contribution < -0.4 is 10.1 Å². The van der Waals surface area contributed by atoms with Gasteiger partial charge in [-0.1, -0.05) is 13.3 Å². The summed E-state index contributed by atoms with van der Waals surface area (Å²) in [6.45, 7) is 4.47. The maximum Gasteiger partial charge on any atom is 0.407 e. The number of nitrogens with one attached hydrogen (secondary N) is 1. The number of nitrogens with zero attached hydrogens (tertiary/aromatic N) is 4. The number of carbonyl (C=O) groups excluding carboxylic acids is 1. The Morgan fingerprint density at radius 1 is 1.31 bits per heavy atom. The number of aryl methyl sites for hydroxylation is 2. The first-order chi connectivity index (χ1) is 15.4. The van der Waals surface area contributed by atoms with E-state index in [0.717, 1.165) is 36.9 Å². The summed E-state index contributed by atoms with van der Waals surface area (Å²) < 4.78 is 12.8. The lowest BCUT2D eigenvalue weighted by molar-refractivity contribution is -0.143. The molecular formula is C22H31N5O5. The van der Waals surface area contributed by atoms with Gasteiger partial charge in [-0.05, 0) is 39.0 Å². The second-order valence-electron chi connectivity index (χ2n) is 8.06. The third-order valence-electron chi connectivity index (χ3n) is 5.62. The van der Waals surface area contributed by atoms with Crippen molar-refractivity contribution in [1.82, 2.24) is 25.1 Å². The molecule has 0 aliphatic heterocycles. The van der Waals surface area contributed by atoms with Crippen molar-refractivity contribution in [3.8, 4) is 17.1 Å². The molecule has 0 spiro atoms. The van der Waals surface area contributed by atoms with Crippen LogP contribution in [0.1, 0.15) is 56.8 Å². The molecular weight excluding hydrogens is 414 g/mol. The molecule has 1 amide bonds. The quantitative estimate of drug-likeness (QED) is 0.563. The minimum atomic E-state index is -0.775. The lowest BCUT2D eigenvalue weighted by Gasteiger charge is -2.27. The fourth-order valence-electron chi connectivity index (χ4n) is 3.75. The Bertz CT molecular complexity index is 945. The standard InChI is InChI=1S/C22H31N5O5/c1-4-5-9-31-22(30)24-13-19-17(11-25-27(19)3)18-12-23-20(14(2)26-18)32-16-8-6-7-15(10-16)21(28)29/h11-12,15-16H,4-10,13H2,1-3H3,(H,24,30)(H,28,29)/t15?,16-/m0/s1. The Morgan fingerprint density at radius 2 is 2.12 bits per heavy atom. The molecule has 0 radical (unpaired) electrons. The van der Waals surface area contributed by atoms with Crippen LogP contribution in [0.4, 0.5) is 4.79 Å². The fraction of sp³-hybridized carbons (Fsp3) is 0.591. The summed E-state index contributed by atoms with van der Waals surface area (Å²) in [6, 6.07) is 0. The zero-order valence-corrected chi connectivity index (χ0v) is 18.8. The summed E-state index contributed by atoms with van der Waals surface area (Å²) in [5.74, 6) is -0.739. The number of carbonyl (C=O) groups is 2. The number of amides is 1. The highest BCUT2D eigenvalue weighted by Gasteiger charge is 2.29. The summed E-state index contributed by atoms with van der Waals surface area (Å²) in [5, 5.41) is 16.3. The van der Waals surface area contributed by atoms with Crippen LogP contribution in [0.15, 0.2) is 12.4 Å². The summed E-state index contributed by atoms with van der Waals surface area (Å²) in [7, 11) is 1.79. The maximum absolute atomic E-state index is 11.9. The second kappa shape index (κ2) is 10.9. The van der Waals surface area contributed by atoms with Crippen LogP contribution >= 0.6 is 0 Å². The van der Waals surface area contributed by atoms with Crippen molar-refractivity contribution in [2.45, 2.75) is 65.0 Å². The zero-order chi connectivity index (χ0) is 23.1. The van der Waals surface area contributed by atoms with Gasteiger partial charge in [-0.2, -0.15) is 5.10 Å². The van der Waals surface area contributed by atoms with Crippen molar-refractivity contribution in [2.75, 3.05) is 6.61 Å². The molecule has 0 saturated heterocycles. The van der Waals surface area contributed by atoms with Crippen molar-refractivity contribution >= 4 is 12.1 Å². The predicted octanol–water partition coefficient (Wildman–Crippen LogP) is 3.23. The van der Waals surface area contributed by atoms with E-state index in [9.17, 15) is 14.7 Å². The second-order valence-corrected chi connectivity index (χ2v) is 8.06. The molecule has 1 aliphatic carbocycles. The largest absolute Gasteiger partial charge is 0.481 e. The molecule has 1 saturated carbocycles. The minimum absolute atomic E-state index is 0.180. The molecule has 174 valence electrons. The number of aromatic nitrogens is 4. The van der Waals surface area contributed by atoms with E-state index in [1.54, 1.807) is 24.1 Å². The number of alkyl carbamates (subject to hydrolysis) is 1. The third kappa shape index (κ3) is 5.95. The van der Waals surface area contributed by atoms with Crippen molar-refractivity contribution in [1.29, 1.82) is 0 Å². The Morgan fingerprint density at radius 3 is 2.84 bits per heavy atom. The van der Waals surface area contributed by atoms with E-state index in [-0.39, 0.29) is 18.6 Å². The van der Waals surface area contributed by atoms with E-state index in [0.29, 0.717) is 36.7 Å². The van der Waals surface area contributed by atoms with Crippen molar-refractivity contribution < 1.29 is 24.2 Å². The topological polar surface area (TPSA) is 128 Å². The lowest BCUT2D eigenvalue weighted by Crippen LogP contribution is -2.30. The summed E-state index contributed by atoms with van der Waals surface area (Å²) >= 11 is 0. The first-order valence-corrected chi connectivity index (χ1v) is 11.0. The van der Waals surface area contributed by atoms with Gasteiger partial charge in [0.05, 0.1) is 42.9 Å². The molecule has 10 heteroatoms. The van der Waals surface area contributed by atoms with Gasteiger partial charge < -0.3 is 19.9 Å². The number of carboxylic acids is 1. The number of hydrogen-bond acceptors (Lipinski definition) is 7. The molecule has 2 aromatic heterocycles. The first kappa shape index (κ1) is 23.5. The van der Waals surface area contributed by atoms with E-state index < -0.39 is 12.1 Å². The number of aliphatic carboxylic acids is 1. The fourth-order valence-corrected chi connectivity index (χ4v) is 3.75. The number of unbranched alkanes of at least 4 members (excludes halogenated alkanes) is 1. The highest BCUT2D eigenvalue weighted by Crippen LogP contribution is 2.29. The van der Waals surface area contributed by atoms with Gasteiger partial charge in [0.2, 0.25) is 5.88 Å². The van der Waals surface area contributed by atoms with E-state index in [1.165, 1.54) is 0 Å². The van der Waals surface area contributed by atoms with Gasteiger partial charge in [0, 0.05) is 12.6 Å². The normalized spacial score (nSPS) is 18.2. The van der Waals surface area contributed by atoms with Crippen molar-refractivity contribution in [3.05, 3.63) is 23.8 Å². The van der Waals surface area contributed by atoms with Gasteiger partial charge in [-0.3, -0.25) is 9.48 Å². The average Bonchev–Trinajstić information content (AvgIpc) is 3.14. The van der Waals surface area contributed by atoms with Gasteiger partial charge in [0.1, 0.15) is 11.8 Å². The molecule has 2 atom stereocenters. The molecule has 32 heavy (non-hydrogen) atoms. The number of rotatable bonds is 9. The molecule has 0 aromatic carbocycles. The summed E-state index contributed by atoms with van der Waals surface area (Å²) in [5.41, 5.74) is 2.76. The van der Waals surface area contributed by atoms with E-state index in [4.69, 9.17) is 9.47 Å². The van der Waals surface area contributed by atoms with Crippen molar-refractivity contribution in [2.24, 2.45) is 13.0 Å². The number of carboxylic acid groups (broad SMARTS) is 1. The molecule has 0 bridgehead atoms. The Labute approximate surface area is 187 Å². The van der Waals surface area contributed by atoms with Crippen LogP contribution in [0.5, 0.6) is 5.88 Å². The average molecular weight is 446 g/mol. The van der Waals surface area contributed by atoms with Crippen LogP contribution in [0.25, 0.3) is 11.3 Å². The third-order valence-corrected chi connectivity index (χ3v) is 5.62. The number of ether oxygens (including phenoxy) is 2. The molecule has 1 unspecified atom stereocenters. The molecule has 10 nitrogen and oxygen atoms in total. The SMILES string of the molecule is CCCCOC(=O)NCc1c(-c2cnc(O[C@H]3CCCC(C(=O)O)C3)c(C)n2)cnn1C. The van der Waals surface area contributed by atoms with Crippen LogP contribution in [0.3, 0.4) is 0 Å². The maximum atomic E-state index is 11.9. The van der Waals surface area contributed by atoms with Crippen molar-refractivity contribution in [3.63, 3.8) is 0 Å². The Hall–Kier alpha value is -3.17. The number of hydrogen-bond donors (Lipinski definition) is 2. The van der Waals surface area contributed by atoms with Gasteiger partial charge in [0.25, 0.3) is 0 Å². The van der Waals surface area contributed by atoms with E-state index in [1.807, 2.05) is 13.8 Å². The smallest absolute Gasteiger partial charge is 0.407 e. The molecule has 1 fully saturated rings. The summed E-state index contributed by atoms with van der Waals surface area (Å²) in [6.07, 6.45) is 7.21. The predicted molar refractivity (Wildman–Crippen MR) is 116 cm³/mol. The molecule has 3 rings (SSSR count). The molecule has 2 aromatic rings. The van der Waals surface area contributed by atoms with Crippen LogP contribution in [-0.2, 0) is 23.1 Å². The van der Waals surface area contributed by atoms with E-state index >= 15 is 0 Å². The minimum Gasteiger partial charge on any atom is -0.481 e. The van der Waals surface area contributed by atoms with Gasteiger partial charge in [0.15, 0.2) is 0 Å². The summed E-state index contributed by atoms with van der Waals surface area (Å²) in [4.78, 5) is 32.2. The van der Waals surface area contributed by atoms with Crippen LogP contribution in [0.2, 0.25) is 0 Å². The monoisotopic (exact) mass is 445 g/mol. The first-order valence-electron chi connectivity index (χ1n) is 11.0. The highest BCUT2D eigenvalue weighted by molar-refractivity contribution is 5.70. The lowest BCUT2D eigenvalue weighted by atomic mass is 9.87. The molecule has 1 aliphatic rings. The van der Waals surface area contributed by atoms with Crippen LogP contribution in [-0.4, -0.2) is 49.6 Å². The molecule has 2 heterocycles. The van der Waals surface area contributed by atoms with E-state index in [2.05, 4.69) is 20.4 Å². The van der Waals surface area contributed by atoms with Gasteiger partial charge >= 0.3 is 12.1 Å². The van der Waals surface area contributed by atoms with Gasteiger partial charge in [-0.25, -0.2) is 14.8 Å².